The topological polar surface area (TPSA) is 84.2 Å². The zero-order chi connectivity index (χ0) is 11.1. The molecule has 1 unspecified atom stereocenters. The van der Waals surface area contributed by atoms with Crippen molar-refractivity contribution in [1.82, 2.24) is 10.6 Å². The van der Waals surface area contributed by atoms with Crippen LogP contribution >= 0.6 is 0 Å². The maximum absolute atomic E-state index is 11.5. The number of nitrogens with one attached hydrogen (secondary N) is 2. The molecule has 4 N–H and O–H groups in total. The molecule has 0 saturated heterocycles. The van der Waals surface area contributed by atoms with Crippen LogP contribution in [0.5, 0.6) is 0 Å². The maximum atomic E-state index is 11.5. The van der Waals surface area contributed by atoms with E-state index in [1.54, 1.807) is 0 Å². The maximum Gasteiger partial charge on any atom is 0.312 e. The summed E-state index contributed by atoms with van der Waals surface area (Å²) in [4.78, 5) is 22.1. The van der Waals surface area contributed by atoms with Gasteiger partial charge in [0.05, 0.1) is 0 Å². The molecule has 0 fully saturated rings. The molecule has 0 spiro atoms. The predicted octanol–water partition coefficient (Wildman–Crippen LogP) is 0.206. The highest BCUT2D eigenvalue weighted by molar-refractivity contribution is 5.86. The molecule has 0 rings (SSSR count). The van der Waals surface area contributed by atoms with E-state index in [1.807, 2.05) is 20.8 Å². The lowest BCUT2D eigenvalue weighted by Gasteiger charge is -2.20. The van der Waals surface area contributed by atoms with Crippen molar-refractivity contribution in [3.8, 4) is 0 Å². The van der Waals surface area contributed by atoms with Gasteiger partial charge >= 0.3 is 6.03 Å². The van der Waals surface area contributed by atoms with E-state index in [0.717, 1.165) is 6.42 Å². The fourth-order valence-corrected chi connectivity index (χ4v) is 1.05. The molecular weight excluding hydrogens is 182 g/mol. The zero-order valence-corrected chi connectivity index (χ0v) is 8.96. The second-order valence-electron chi connectivity index (χ2n) is 3.52. The Kier molecular flexibility index (Phi) is 5.67. The van der Waals surface area contributed by atoms with E-state index in [1.165, 1.54) is 0 Å². The Balaban J connectivity index is 4.19. The molecule has 0 heterocycles. The van der Waals surface area contributed by atoms with E-state index < -0.39 is 12.1 Å². The summed E-state index contributed by atoms with van der Waals surface area (Å²) in [5, 5.41) is 5.12. The predicted molar refractivity (Wildman–Crippen MR) is 54.6 cm³/mol. The van der Waals surface area contributed by atoms with Gasteiger partial charge in [-0.1, -0.05) is 20.8 Å². The number of amides is 3. The van der Waals surface area contributed by atoms with E-state index in [2.05, 4.69) is 10.6 Å². The van der Waals surface area contributed by atoms with Crippen LogP contribution in [-0.4, -0.2) is 24.5 Å². The van der Waals surface area contributed by atoms with Gasteiger partial charge in [0.2, 0.25) is 5.91 Å². The van der Waals surface area contributed by atoms with Crippen LogP contribution < -0.4 is 16.4 Å². The first-order chi connectivity index (χ1) is 6.49. The first kappa shape index (κ1) is 12.7. The lowest BCUT2D eigenvalue weighted by molar-refractivity contribution is -0.123. The molecule has 3 amide bonds. The minimum absolute atomic E-state index is 0.0272. The summed E-state index contributed by atoms with van der Waals surface area (Å²) in [7, 11) is 0. The Morgan fingerprint density at radius 2 is 1.93 bits per heavy atom. The van der Waals surface area contributed by atoms with Crippen molar-refractivity contribution in [2.75, 3.05) is 6.54 Å². The van der Waals surface area contributed by atoms with Gasteiger partial charge < -0.3 is 16.4 Å². The van der Waals surface area contributed by atoms with E-state index in [9.17, 15) is 9.59 Å². The fraction of sp³-hybridized carbons (Fsp3) is 0.778. The molecular formula is C9H19N3O2. The van der Waals surface area contributed by atoms with Gasteiger partial charge in [-0.15, -0.1) is 0 Å². The molecule has 0 aromatic heterocycles. The average Bonchev–Trinajstić information content (AvgIpc) is 2.09. The Hall–Kier alpha value is -1.26. The van der Waals surface area contributed by atoms with E-state index in [0.29, 0.717) is 6.54 Å². The first-order valence-corrected chi connectivity index (χ1v) is 4.82. The third kappa shape index (κ3) is 4.69. The minimum atomic E-state index is -0.671. The summed E-state index contributed by atoms with van der Waals surface area (Å²) in [6.45, 7) is 6.28. The molecule has 0 saturated carbocycles. The van der Waals surface area contributed by atoms with Crippen LogP contribution in [0.25, 0.3) is 0 Å². The lowest BCUT2D eigenvalue weighted by Crippen LogP contribution is -2.51. The number of carbonyl (C=O) groups is 2. The first-order valence-electron chi connectivity index (χ1n) is 4.82. The van der Waals surface area contributed by atoms with Crippen molar-refractivity contribution < 1.29 is 9.59 Å². The monoisotopic (exact) mass is 201 g/mol. The quantitative estimate of drug-likeness (QED) is 0.594. The molecule has 0 aromatic rings. The number of nitrogens with two attached hydrogens (primary N) is 1. The van der Waals surface area contributed by atoms with E-state index in [4.69, 9.17) is 5.73 Å². The van der Waals surface area contributed by atoms with Crippen LogP contribution in [0.4, 0.5) is 4.79 Å². The number of urea groups is 1. The van der Waals surface area contributed by atoms with E-state index in [-0.39, 0.29) is 11.8 Å². The normalized spacial score (nSPS) is 12.3. The van der Waals surface area contributed by atoms with Gasteiger partial charge in [0.15, 0.2) is 0 Å². The SMILES string of the molecule is CCCNC(=O)C(NC(N)=O)C(C)C. The van der Waals surface area contributed by atoms with Crippen molar-refractivity contribution in [1.29, 1.82) is 0 Å². The lowest BCUT2D eigenvalue weighted by atomic mass is 10.0. The Labute approximate surface area is 84.4 Å². The number of rotatable bonds is 5. The smallest absolute Gasteiger partial charge is 0.312 e. The van der Waals surface area contributed by atoms with Crippen LogP contribution in [0.3, 0.4) is 0 Å². The summed E-state index contributed by atoms with van der Waals surface area (Å²) in [5.41, 5.74) is 4.97. The van der Waals surface area contributed by atoms with Crippen LogP contribution in [0, 0.1) is 5.92 Å². The summed E-state index contributed by atoms with van der Waals surface area (Å²) in [6.07, 6.45) is 0.868. The van der Waals surface area contributed by atoms with Crippen LogP contribution in [-0.2, 0) is 4.79 Å². The molecule has 5 nitrogen and oxygen atoms in total. The Morgan fingerprint density at radius 3 is 2.29 bits per heavy atom. The molecule has 1 atom stereocenters. The molecule has 0 aliphatic rings. The summed E-state index contributed by atoms with van der Waals surface area (Å²) < 4.78 is 0. The van der Waals surface area contributed by atoms with Crippen molar-refractivity contribution in [2.24, 2.45) is 11.7 Å². The Bertz CT molecular complexity index is 204. The molecule has 5 heteroatoms. The average molecular weight is 201 g/mol. The molecule has 82 valence electrons. The highest BCUT2D eigenvalue weighted by atomic mass is 16.2. The third-order valence-corrected chi connectivity index (χ3v) is 1.80. The Morgan fingerprint density at radius 1 is 1.36 bits per heavy atom. The van der Waals surface area contributed by atoms with Gasteiger partial charge in [-0.05, 0) is 12.3 Å². The number of primary amides is 1. The second-order valence-corrected chi connectivity index (χ2v) is 3.52. The van der Waals surface area contributed by atoms with Gasteiger partial charge in [-0.2, -0.15) is 0 Å². The van der Waals surface area contributed by atoms with Gasteiger partial charge in [-0.25, -0.2) is 4.79 Å². The number of carbonyl (C=O) groups excluding carboxylic acids is 2. The van der Waals surface area contributed by atoms with Crippen LogP contribution in [0.2, 0.25) is 0 Å². The molecule has 14 heavy (non-hydrogen) atoms. The van der Waals surface area contributed by atoms with Crippen LogP contribution in [0.15, 0.2) is 0 Å². The highest BCUT2D eigenvalue weighted by Gasteiger charge is 2.22. The fourth-order valence-electron chi connectivity index (χ4n) is 1.05. The molecule has 0 aliphatic carbocycles. The van der Waals surface area contributed by atoms with Crippen molar-refractivity contribution in [3.63, 3.8) is 0 Å². The van der Waals surface area contributed by atoms with Crippen molar-refractivity contribution in [2.45, 2.75) is 33.2 Å². The van der Waals surface area contributed by atoms with Crippen LogP contribution in [0.1, 0.15) is 27.2 Å². The summed E-state index contributed by atoms with van der Waals surface area (Å²) in [5.74, 6) is -0.153. The highest BCUT2D eigenvalue weighted by Crippen LogP contribution is 2.01. The van der Waals surface area contributed by atoms with Gasteiger partial charge in [-0.3, -0.25) is 4.79 Å². The van der Waals surface area contributed by atoms with Gasteiger partial charge in [0, 0.05) is 6.54 Å². The number of hydrogen-bond donors (Lipinski definition) is 3. The zero-order valence-electron chi connectivity index (χ0n) is 8.96. The van der Waals surface area contributed by atoms with Gasteiger partial charge in [0.25, 0.3) is 0 Å². The molecule has 0 aliphatic heterocycles. The van der Waals surface area contributed by atoms with E-state index >= 15 is 0 Å². The summed E-state index contributed by atoms with van der Waals surface area (Å²) in [6, 6.07) is -1.21. The molecule has 0 bridgehead atoms. The summed E-state index contributed by atoms with van der Waals surface area (Å²) >= 11 is 0. The minimum Gasteiger partial charge on any atom is -0.354 e. The van der Waals surface area contributed by atoms with Crippen molar-refractivity contribution >= 4 is 11.9 Å². The van der Waals surface area contributed by atoms with Gasteiger partial charge in [0.1, 0.15) is 6.04 Å². The standard InChI is InChI=1S/C9H19N3O2/c1-4-5-11-8(13)7(6(2)3)12-9(10)14/h6-7H,4-5H2,1-3H3,(H,11,13)(H3,10,12,14). The third-order valence-electron chi connectivity index (χ3n) is 1.80. The molecule has 0 aromatic carbocycles. The molecule has 0 radical (unpaired) electrons. The largest absolute Gasteiger partial charge is 0.354 e. The second kappa shape index (κ2) is 6.23. The van der Waals surface area contributed by atoms with Crippen molar-refractivity contribution in [3.05, 3.63) is 0 Å². The number of hydrogen-bond acceptors (Lipinski definition) is 2.